The predicted octanol–water partition coefficient (Wildman–Crippen LogP) is 3.15. The van der Waals surface area contributed by atoms with Crippen LogP contribution in [0.2, 0.25) is 0 Å². The Hall–Kier alpha value is -2.23. The third-order valence-electron chi connectivity index (χ3n) is 5.02. The zero-order chi connectivity index (χ0) is 16.9. The molecule has 3 rings (SSSR count). The molecule has 4 heteroatoms. The van der Waals surface area contributed by atoms with Gasteiger partial charge >= 0.3 is 0 Å². The van der Waals surface area contributed by atoms with Crippen molar-refractivity contribution >= 4 is 5.96 Å². The van der Waals surface area contributed by atoms with Crippen LogP contribution in [0.25, 0.3) is 0 Å². The summed E-state index contributed by atoms with van der Waals surface area (Å²) in [6, 6.07) is 13.1. The van der Waals surface area contributed by atoms with Crippen LogP contribution >= 0.6 is 0 Å². The first kappa shape index (κ1) is 16.6. The molecule has 1 aliphatic rings. The summed E-state index contributed by atoms with van der Waals surface area (Å²) in [6.07, 6.45) is 5.83. The van der Waals surface area contributed by atoms with Crippen molar-refractivity contribution in [2.45, 2.75) is 31.7 Å². The Balaban J connectivity index is 1.62. The Kier molecular flexibility index (Phi) is 5.24. The first-order valence-corrected chi connectivity index (χ1v) is 8.79. The van der Waals surface area contributed by atoms with Gasteiger partial charge in [-0.2, -0.15) is 0 Å². The molecule has 1 heterocycles. The van der Waals surface area contributed by atoms with Gasteiger partial charge in [-0.3, -0.25) is 4.99 Å². The fraction of sp³-hybridized carbons (Fsp3) is 0.450. The zero-order valence-electron chi connectivity index (χ0n) is 15.0. The number of hydrogen-bond donors (Lipinski definition) is 1. The SMILES string of the molecule is CN=C(NCC1CCCc2ccccc21)N(C)Cc1cccn1C. The van der Waals surface area contributed by atoms with Crippen LogP contribution in [0.15, 0.2) is 47.6 Å². The lowest BCUT2D eigenvalue weighted by molar-refractivity contribution is 0.451. The summed E-state index contributed by atoms with van der Waals surface area (Å²) in [5.41, 5.74) is 4.31. The van der Waals surface area contributed by atoms with Gasteiger partial charge in [0.2, 0.25) is 0 Å². The van der Waals surface area contributed by atoms with Crippen LogP contribution in [-0.2, 0) is 20.0 Å². The number of fused-ring (bicyclic) bond motifs is 1. The van der Waals surface area contributed by atoms with E-state index in [0.29, 0.717) is 5.92 Å². The Morgan fingerprint density at radius 2 is 2.12 bits per heavy atom. The fourth-order valence-electron chi connectivity index (χ4n) is 3.64. The van der Waals surface area contributed by atoms with Crippen molar-refractivity contribution in [1.82, 2.24) is 14.8 Å². The molecule has 0 amide bonds. The molecule has 1 aromatic heterocycles. The van der Waals surface area contributed by atoms with E-state index in [9.17, 15) is 0 Å². The summed E-state index contributed by atoms with van der Waals surface area (Å²) < 4.78 is 2.15. The van der Waals surface area contributed by atoms with Crippen molar-refractivity contribution in [2.24, 2.45) is 12.0 Å². The summed E-state index contributed by atoms with van der Waals surface area (Å²) in [6.45, 7) is 1.80. The summed E-state index contributed by atoms with van der Waals surface area (Å²) in [5.74, 6) is 1.54. The molecular weight excluding hydrogens is 296 g/mol. The average molecular weight is 324 g/mol. The minimum absolute atomic E-state index is 0.579. The second-order valence-corrected chi connectivity index (χ2v) is 6.68. The topological polar surface area (TPSA) is 32.6 Å². The molecule has 1 unspecified atom stereocenters. The Bertz CT molecular complexity index is 701. The lowest BCUT2D eigenvalue weighted by Crippen LogP contribution is -2.41. The molecule has 0 radical (unpaired) electrons. The van der Waals surface area contributed by atoms with Gasteiger partial charge in [-0.25, -0.2) is 0 Å². The molecule has 24 heavy (non-hydrogen) atoms. The van der Waals surface area contributed by atoms with Crippen LogP contribution in [0, 0.1) is 0 Å². The van der Waals surface area contributed by atoms with Gasteiger partial charge in [0.05, 0.1) is 6.54 Å². The van der Waals surface area contributed by atoms with Crippen LogP contribution < -0.4 is 5.32 Å². The van der Waals surface area contributed by atoms with E-state index in [0.717, 1.165) is 19.0 Å². The second-order valence-electron chi connectivity index (χ2n) is 6.68. The van der Waals surface area contributed by atoms with Crippen molar-refractivity contribution in [3.8, 4) is 0 Å². The van der Waals surface area contributed by atoms with Gasteiger partial charge in [0.1, 0.15) is 0 Å². The number of guanidine groups is 1. The maximum absolute atomic E-state index is 4.46. The van der Waals surface area contributed by atoms with E-state index in [1.807, 2.05) is 7.05 Å². The molecule has 0 aliphatic heterocycles. The highest BCUT2D eigenvalue weighted by atomic mass is 15.3. The molecule has 4 nitrogen and oxygen atoms in total. The minimum atomic E-state index is 0.579. The molecule has 0 spiro atoms. The van der Waals surface area contributed by atoms with E-state index in [4.69, 9.17) is 0 Å². The van der Waals surface area contributed by atoms with Gasteiger partial charge in [-0.15, -0.1) is 0 Å². The van der Waals surface area contributed by atoms with Gasteiger partial charge in [0.15, 0.2) is 5.96 Å². The maximum Gasteiger partial charge on any atom is 0.193 e. The molecule has 1 aliphatic carbocycles. The summed E-state index contributed by atoms with van der Waals surface area (Å²) in [5, 5.41) is 3.58. The fourth-order valence-corrected chi connectivity index (χ4v) is 3.64. The van der Waals surface area contributed by atoms with E-state index < -0.39 is 0 Å². The number of nitrogens with one attached hydrogen (secondary N) is 1. The van der Waals surface area contributed by atoms with Crippen LogP contribution in [0.3, 0.4) is 0 Å². The largest absolute Gasteiger partial charge is 0.356 e. The summed E-state index contributed by atoms with van der Waals surface area (Å²) >= 11 is 0. The van der Waals surface area contributed by atoms with E-state index in [-0.39, 0.29) is 0 Å². The monoisotopic (exact) mass is 324 g/mol. The summed E-state index contributed by atoms with van der Waals surface area (Å²) in [7, 11) is 6.04. The normalized spacial score (nSPS) is 17.5. The molecule has 128 valence electrons. The summed E-state index contributed by atoms with van der Waals surface area (Å²) in [4.78, 5) is 6.65. The second kappa shape index (κ2) is 7.56. The molecule has 0 fully saturated rings. The molecule has 1 aromatic carbocycles. The number of aromatic nitrogens is 1. The highest BCUT2D eigenvalue weighted by Crippen LogP contribution is 2.30. The number of benzene rings is 1. The smallest absolute Gasteiger partial charge is 0.193 e. The zero-order valence-corrected chi connectivity index (χ0v) is 15.0. The highest BCUT2D eigenvalue weighted by Gasteiger charge is 2.20. The Labute approximate surface area is 145 Å². The average Bonchev–Trinajstić information content (AvgIpc) is 3.00. The van der Waals surface area contributed by atoms with Gasteiger partial charge in [-0.05, 0) is 42.5 Å². The number of aryl methyl sites for hydroxylation is 2. The van der Waals surface area contributed by atoms with Gasteiger partial charge in [-0.1, -0.05) is 24.3 Å². The molecule has 2 aromatic rings. The maximum atomic E-state index is 4.46. The van der Waals surface area contributed by atoms with E-state index in [1.165, 1.54) is 36.1 Å². The number of hydrogen-bond acceptors (Lipinski definition) is 1. The van der Waals surface area contributed by atoms with E-state index in [2.05, 4.69) is 76.5 Å². The van der Waals surface area contributed by atoms with E-state index in [1.54, 1.807) is 0 Å². The first-order valence-electron chi connectivity index (χ1n) is 8.79. The molecule has 0 saturated heterocycles. The van der Waals surface area contributed by atoms with Crippen molar-refractivity contribution in [3.05, 3.63) is 59.4 Å². The first-order chi connectivity index (χ1) is 11.7. The van der Waals surface area contributed by atoms with Crippen molar-refractivity contribution in [3.63, 3.8) is 0 Å². The lowest BCUT2D eigenvalue weighted by Gasteiger charge is -2.28. The van der Waals surface area contributed by atoms with E-state index >= 15 is 0 Å². The molecular formula is C20H28N4. The number of nitrogens with zero attached hydrogens (tertiary/aromatic N) is 3. The van der Waals surface area contributed by atoms with Gasteiger partial charge in [0.25, 0.3) is 0 Å². The van der Waals surface area contributed by atoms with Gasteiger partial charge < -0.3 is 14.8 Å². The number of rotatable bonds is 4. The van der Waals surface area contributed by atoms with Crippen molar-refractivity contribution < 1.29 is 0 Å². The van der Waals surface area contributed by atoms with Crippen molar-refractivity contribution in [2.75, 3.05) is 20.6 Å². The van der Waals surface area contributed by atoms with Gasteiger partial charge in [0, 0.05) is 45.5 Å². The third kappa shape index (κ3) is 3.64. The van der Waals surface area contributed by atoms with Crippen LogP contribution in [-0.4, -0.2) is 36.1 Å². The Morgan fingerprint density at radius 1 is 1.29 bits per heavy atom. The number of aliphatic imine (C=N–C) groups is 1. The van der Waals surface area contributed by atoms with Crippen LogP contribution in [0.5, 0.6) is 0 Å². The van der Waals surface area contributed by atoms with Crippen LogP contribution in [0.4, 0.5) is 0 Å². The third-order valence-corrected chi connectivity index (χ3v) is 5.02. The standard InChI is InChI=1S/C20H28N4/c1-21-20(24(3)15-18-11-7-13-23(18)2)22-14-17-10-6-9-16-8-4-5-12-19(16)17/h4-5,7-8,11-13,17H,6,9-10,14-15H2,1-3H3,(H,21,22). The highest BCUT2D eigenvalue weighted by molar-refractivity contribution is 5.79. The molecule has 0 saturated carbocycles. The van der Waals surface area contributed by atoms with Crippen LogP contribution in [0.1, 0.15) is 35.6 Å². The minimum Gasteiger partial charge on any atom is -0.356 e. The van der Waals surface area contributed by atoms with Crippen molar-refractivity contribution in [1.29, 1.82) is 0 Å². The lowest BCUT2D eigenvalue weighted by atomic mass is 9.83. The molecule has 1 N–H and O–H groups in total. The Morgan fingerprint density at radius 3 is 2.88 bits per heavy atom. The quantitative estimate of drug-likeness (QED) is 0.692. The molecule has 0 bridgehead atoms. The predicted molar refractivity (Wildman–Crippen MR) is 100 cm³/mol. The molecule has 1 atom stereocenters.